The van der Waals surface area contributed by atoms with Gasteiger partial charge in [0, 0.05) is 0 Å². The van der Waals surface area contributed by atoms with Crippen LogP contribution >= 0.6 is 69.6 Å². The lowest BCUT2D eigenvalue weighted by Crippen LogP contribution is -2.13. The summed E-state index contributed by atoms with van der Waals surface area (Å²) in [6, 6.07) is 3.49. The maximum absolute atomic E-state index is 12.4. The number of benzene rings is 1. The molecule has 0 aliphatic heterocycles. The lowest BCUT2D eigenvalue weighted by Gasteiger charge is -2.09. The van der Waals surface area contributed by atoms with E-state index in [1.807, 2.05) is 0 Å². The lowest BCUT2D eigenvalue weighted by atomic mass is 10.0. The van der Waals surface area contributed by atoms with E-state index in [2.05, 4.69) is 0 Å². The van der Waals surface area contributed by atoms with Gasteiger partial charge in [0.2, 0.25) is 0 Å². The largest absolute Gasteiger partial charge is 0.431 e. The number of ether oxygens (including phenoxy) is 3. The standard InChI is InChI=1S/C18H12Cl6O6/c19-13(20)3-6-28-16(25)10-1-2-11(17(26)29-7-4-14(21)22)12(9-10)18(27)30-8-5-15(23)24/h1-9,13-15H/b6-3+,7-4+,8-5+. The second-order valence-corrected chi connectivity index (χ2v) is 8.46. The zero-order valence-corrected chi connectivity index (χ0v) is 19.2. The monoisotopic (exact) mass is 534 g/mol. The van der Waals surface area contributed by atoms with Crippen molar-refractivity contribution in [2.75, 3.05) is 0 Å². The number of carbonyl (C=O) groups is 3. The van der Waals surface area contributed by atoms with E-state index in [4.69, 9.17) is 83.8 Å². The summed E-state index contributed by atoms with van der Waals surface area (Å²) in [4.78, 5) is 34.1. The third-order valence-electron chi connectivity index (χ3n) is 2.89. The Morgan fingerprint density at radius 1 is 0.633 bits per heavy atom. The second kappa shape index (κ2) is 13.8. The number of hydrogen-bond donors (Lipinski definition) is 0. The minimum Gasteiger partial charge on any atom is -0.431 e. The van der Waals surface area contributed by atoms with E-state index in [9.17, 15) is 14.4 Å². The smallest absolute Gasteiger partial charge is 0.343 e. The molecule has 0 N–H and O–H groups in total. The number of rotatable bonds is 9. The maximum Gasteiger partial charge on any atom is 0.343 e. The lowest BCUT2D eigenvalue weighted by molar-refractivity contribution is 0.0615. The number of hydrogen-bond acceptors (Lipinski definition) is 6. The number of allylic oxidation sites excluding steroid dienone is 3. The van der Waals surface area contributed by atoms with Gasteiger partial charge in [0.1, 0.15) is 14.5 Å². The molecule has 162 valence electrons. The van der Waals surface area contributed by atoms with Gasteiger partial charge in [0.05, 0.1) is 35.5 Å². The Labute approximate surface area is 201 Å². The quantitative estimate of drug-likeness (QED) is 0.164. The van der Waals surface area contributed by atoms with Crippen LogP contribution in [0.2, 0.25) is 0 Å². The molecule has 0 saturated carbocycles. The van der Waals surface area contributed by atoms with Crippen molar-refractivity contribution < 1.29 is 28.6 Å². The molecule has 0 radical (unpaired) electrons. The number of carbonyl (C=O) groups excluding carboxylic acids is 3. The molecule has 0 aromatic heterocycles. The number of esters is 3. The molecule has 1 aromatic rings. The fraction of sp³-hybridized carbons (Fsp3) is 0.167. The first kappa shape index (κ1) is 26.6. The summed E-state index contributed by atoms with van der Waals surface area (Å²) in [5, 5.41) is 0. The van der Waals surface area contributed by atoms with Gasteiger partial charge < -0.3 is 14.2 Å². The van der Waals surface area contributed by atoms with Gasteiger partial charge in [-0.1, -0.05) is 0 Å². The average Bonchev–Trinajstić information content (AvgIpc) is 2.66. The van der Waals surface area contributed by atoms with Crippen molar-refractivity contribution in [2.45, 2.75) is 14.5 Å². The van der Waals surface area contributed by atoms with E-state index in [1.54, 1.807) is 0 Å². The molecule has 6 nitrogen and oxygen atoms in total. The van der Waals surface area contributed by atoms with Crippen LogP contribution < -0.4 is 0 Å². The number of halogens is 6. The highest BCUT2D eigenvalue weighted by molar-refractivity contribution is 6.46. The maximum atomic E-state index is 12.4. The van der Waals surface area contributed by atoms with Crippen LogP contribution in [0.15, 0.2) is 55.2 Å². The third-order valence-corrected chi connectivity index (χ3v) is 3.77. The molecule has 0 unspecified atom stereocenters. The summed E-state index contributed by atoms with van der Waals surface area (Å²) in [6.07, 6.45) is 6.42. The van der Waals surface area contributed by atoms with Crippen LogP contribution in [0.1, 0.15) is 31.1 Å². The second-order valence-electron chi connectivity index (χ2n) is 4.97. The highest BCUT2D eigenvalue weighted by Gasteiger charge is 2.22. The van der Waals surface area contributed by atoms with Crippen LogP contribution in [0.5, 0.6) is 0 Å². The minimum atomic E-state index is -0.990. The molecule has 0 aliphatic rings. The van der Waals surface area contributed by atoms with Crippen LogP contribution in [0.4, 0.5) is 0 Å². The summed E-state index contributed by atoms with van der Waals surface area (Å²) in [7, 11) is 0. The van der Waals surface area contributed by atoms with Crippen molar-refractivity contribution in [3.8, 4) is 0 Å². The molecule has 0 atom stereocenters. The van der Waals surface area contributed by atoms with E-state index in [1.165, 1.54) is 30.4 Å². The minimum absolute atomic E-state index is 0.0717. The molecule has 1 aromatic carbocycles. The molecule has 0 aliphatic carbocycles. The summed E-state index contributed by atoms with van der Waals surface area (Å²) < 4.78 is 14.5. The van der Waals surface area contributed by atoms with Gasteiger partial charge in [0.25, 0.3) is 0 Å². The fourth-order valence-corrected chi connectivity index (χ4v) is 2.05. The SMILES string of the molecule is O=C(O/C=C/C(Cl)Cl)c1ccc(C(=O)O/C=C/C(Cl)Cl)c(C(=O)O/C=C/C(Cl)Cl)c1. The zero-order chi connectivity index (χ0) is 22.7. The zero-order valence-electron chi connectivity index (χ0n) is 14.6. The van der Waals surface area contributed by atoms with E-state index in [0.717, 1.165) is 24.9 Å². The molecule has 1 rings (SSSR count). The van der Waals surface area contributed by atoms with E-state index in [0.29, 0.717) is 0 Å². The Hall–Kier alpha value is -1.41. The summed E-state index contributed by atoms with van der Waals surface area (Å²) in [5.41, 5.74) is -0.573. The van der Waals surface area contributed by atoms with E-state index < -0.39 is 32.4 Å². The van der Waals surface area contributed by atoms with Crippen LogP contribution in [0.3, 0.4) is 0 Å². The van der Waals surface area contributed by atoms with Crippen molar-refractivity contribution in [1.82, 2.24) is 0 Å². The molecular weight excluding hydrogens is 525 g/mol. The Balaban J connectivity index is 3.18. The van der Waals surface area contributed by atoms with Gasteiger partial charge in [-0.3, -0.25) is 0 Å². The molecule has 0 bridgehead atoms. The van der Waals surface area contributed by atoms with Crippen molar-refractivity contribution >= 4 is 87.5 Å². The van der Waals surface area contributed by atoms with Gasteiger partial charge >= 0.3 is 17.9 Å². The van der Waals surface area contributed by atoms with Gasteiger partial charge in [-0.2, -0.15) is 0 Å². The predicted molar refractivity (Wildman–Crippen MR) is 117 cm³/mol. The third kappa shape index (κ3) is 10.1. The first-order chi connectivity index (χ1) is 14.1. The van der Waals surface area contributed by atoms with E-state index >= 15 is 0 Å². The highest BCUT2D eigenvalue weighted by Crippen LogP contribution is 2.17. The van der Waals surface area contributed by atoms with Crippen molar-refractivity contribution in [2.24, 2.45) is 0 Å². The number of alkyl halides is 6. The molecule has 12 heteroatoms. The molecule has 30 heavy (non-hydrogen) atoms. The van der Waals surface area contributed by atoms with Crippen molar-refractivity contribution in [3.63, 3.8) is 0 Å². The first-order valence-corrected chi connectivity index (χ1v) is 10.3. The van der Waals surface area contributed by atoms with Gasteiger partial charge in [0.15, 0.2) is 0 Å². The summed E-state index contributed by atoms with van der Waals surface area (Å²) in [5.74, 6) is -2.77. The summed E-state index contributed by atoms with van der Waals surface area (Å²) >= 11 is 33.0. The Bertz CT molecular complexity index is 848. The van der Waals surface area contributed by atoms with Gasteiger partial charge in [-0.25, -0.2) is 14.4 Å². The average molecular weight is 537 g/mol. The Morgan fingerprint density at radius 3 is 1.47 bits per heavy atom. The van der Waals surface area contributed by atoms with Crippen LogP contribution in [-0.4, -0.2) is 32.4 Å². The molecule has 0 saturated heterocycles. The first-order valence-electron chi connectivity index (χ1n) is 7.73. The molecule has 0 spiro atoms. The molecule has 0 amide bonds. The molecule has 0 heterocycles. The normalized spacial score (nSPS) is 11.9. The van der Waals surface area contributed by atoms with Crippen molar-refractivity contribution in [3.05, 3.63) is 71.9 Å². The highest BCUT2D eigenvalue weighted by atomic mass is 35.5. The topological polar surface area (TPSA) is 78.9 Å². The van der Waals surface area contributed by atoms with Crippen LogP contribution in [-0.2, 0) is 14.2 Å². The summed E-state index contributed by atoms with van der Waals surface area (Å²) in [6.45, 7) is 0. The van der Waals surface area contributed by atoms with Crippen molar-refractivity contribution in [1.29, 1.82) is 0 Å². The van der Waals surface area contributed by atoms with Crippen LogP contribution in [0, 0.1) is 0 Å². The Morgan fingerprint density at radius 2 is 1.03 bits per heavy atom. The molecular formula is C18H12Cl6O6. The molecule has 0 fully saturated rings. The Kier molecular flexibility index (Phi) is 12.3. The van der Waals surface area contributed by atoms with Gasteiger partial charge in [-0.05, 0) is 36.4 Å². The van der Waals surface area contributed by atoms with Gasteiger partial charge in [-0.15, -0.1) is 69.6 Å². The fourth-order valence-electron chi connectivity index (χ4n) is 1.69. The predicted octanol–water partition coefficient (Wildman–Crippen LogP) is 6.11. The van der Waals surface area contributed by atoms with Crippen LogP contribution in [0.25, 0.3) is 0 Å². The van der Waals surface area contributed by atoms with E-state index in [-0.39, 0.29) is 16.7 Å².